The average Bonchev–Trinajstić information content (AvgIpc) is 2.37. The number of carbonyl (C=O) groups excluding carboxylic acids is 1. The second kappa shape index (κ2) is 6.04. The van der Waals surface area contributed by atoms with Gasteiger partial charge in [0.1, 0.15) is 0 Å². The SMILES string of the molecule is CC1CN(CC(=O)Nc2ccc(N)cc2)CCN1C. The quantitative estimate of drug-likeness (QED) is 0.793. The number of hydrogen-bond donors (Lipinski definition) is 2. The molecule has 1 aliphatic heterocycles. The Morgan fingerprint density at radius 3 is 2.68 bits per heavy atom. The number of piperazine rings is 1. The van der Waals surface area contributed by atoms with Crippen LogP contribution in [0.2, 0.25) is 0 Å². The third-order valence-electron chi connectivity index (χ3n) is 3.61. The van der Waals surface area contributed by atoms with Crippen molar-refractivity contribution in [1.29, 1.82) is 0 Å². The lowest BCUT2D eigenvalue weighted by Gasteiger charge is -2.37. The van der Waals surface area contributed by atoms with E-state index in [-0.39, 0.29) is 5.91 Å². The van der Waals surface area contributed by atoms with E-state index in [1.807, 2.05) is 12.1 Å². The summed E-state index contributed by atoms with van der Waals surface area (Å²) in [5, 5.41) is 2.89. The first-order chi connectivity index (χ1) is 9.04. The van der Waals surface area contributed by atoms with Crippen LogP contribution in [0.5, 0.6) is 0 Å². The Hall–Kier alpha value is -1.59. The predicted molar refractivity (Wildman–Crippen MR) is 78.0 cm³/mol. The molecular formula is C14H22N4O. The average molecular weight is 262 g/mol. The summed E-state index contributed by atoms with van der Waals surface area (Å²) < 4.78 is 0. The number of rotatable bonds is 3. The number of carbonyl (C=O) groups is 1. The molecule has 104 valence electrons. The molecule has 1 aliphatic rings. The molecule has 1 heterocycles. The van der Waals surface area contributed by atoms with E-state index >= 15 is 0 Å². The number of nitrogens with zero attached hydrogens (tertiary/aromatic N) is 2. The van der Waals surface area contributed by atoms with Crippen molar-refractivity contribution in [2.24, 2.45) is 0 Å². The van der Waals surface area contributed by atoms with Crippen LogP contribution in [0.15, 0.2) is 24.3 Å². The van der Waals surface area contributed by atoms with Crippen molar-refractivity contribution in [1.82, 2.24) is 9.80 Å². The lowest BCUT2D eigenvalue weighted by atomic mass is 10.2. The molecule has 3 N–H and O–H groups in total. The first kappa shape index (κ1) is 13.8. The van der Waals surface area contributed by atoms with Crippen molar-refractivity contribution in [3.8, 4) is 0 Å². The summed E-state index contributed by atoms with van der Waals surface area (Å²) in [6.07, 6.45) is 0. The van der Waals surface area contributed by atoms with Crippen LogP contribution in [0.3, 0.4) is 0 Å². The first-order valence-corrected chi connectivity index (χ1v) is 6.62. The highest BCUT2D eigenvalue weighted by atomic mass is 16.2. The Morgan fingerprint density at radius 2 is 2.05 bits per heavy atom. The summed E-state index contributed by atoms with van der Waals surface area (Å²) in [5.74, 6) is 0.0292. The molecule has 0 spiro atoms. The van der Waals surface area contributed by atoms with E-state index in [0.717, 1.165) is 25.3 Å². The van der Waals surface area contributed by atoms with Crippen LogP contribution in [0.25, 0.3) is 0 Å². The van der Waals surface area contributed by atoms with Crippen molar-refractivity contribution in [3.05, 3.63) is 24.3 Å². The van der Waals surface area contributed by atoms with Crippen LogP contribution in [-0.2, 0) is 4.79 Å². The molecule has 0 aliphatic carbocycles. The third kappa shape index (κ3) is 3.94. The smallest absolute Gasteiger partial charge is 0.238 e. The van der Waals surface area contributed by atoms with Gasteiger partial charge in [-0.25, -0.2) is 0 Å². The van der Waals surface area contributed by atoms with Crippen LogP contribution < -0.4 is 11.1 Å². The fourth-order valence-corrected chi connectivity index (χ4v) is 2.24. The molecule has 0 aromatic heterocycles. The topological polar surface area (TPSA) is 61.6 Å². The molecular weight excluding hydrogens is 240 g/mol. The maximum atomic E-state index is 12.0. The van der Waals surface area contributed by atoms with Gasteiger partial charge in [0.2, 0.25) is 5.91 Å². The first-order valence-electron chi connectivity index (χ1n) is 6.62. The van der Waals surface area contributed by atoms with Gasteiger partial charge in [-0.1, -0.05) is 0 Å². The lowest BCUT2D eigenvalue weighted by molar-refractivity contribution is -0.117. The van der Waals surface area contributed by atoms with Crippen molar-refractivity contribution >= 4 is 17.3 Å². The van der Waals surface area contributed by atoms with Gasteiger partial charge in [0.05, 0.1) is 6.54 Å². The third-order valence-corrected chi connectivity index (χ3v) is 3.61. The fraction of sp³-hybridized carbons (Fsp3) is 0.500. The highest BCUT2D eigenvalue weighted by molar-refractivity contribution is 5.92. The van der Waals surface area contributed by atoms with Crippen molar-refractivity contribution in [2.45, 2.75) is 13.0 Å². The largest absolute Gasteiger partial charge is 0.399 e. The highest BCUT2D eigenvalue weighted by Gasteiger charge is 2.21. The van der Waals surface area contributed by atoms with Gasteiger partial charge in [-0.15, -0.1) is 0 Å². The number of hydrogen-bond acceptors (Lipinski definition) is 4. The second-order valence-electron chi connectivity index (χ2n) is 5.23. The van der Waals surface area contributed by atoms with Gasteiger partial charge in [-0.3, -0.25) is 9.69 Å². The van der Waals surface area contributed by atoms with Gasteiger partial charge in [0, 0.05) is 37.1 Å². The number of benzene rings is 1. The minimum atomic E-state index is 0.0292. The highest BCUT2D eigenvalue weighted by Crippen LogP contribution is 2.11. The van der Waals surface area contributed by atoms with Crippen LogP contribution in [-0.4, -0.2) is 55.0 Å². The zero-order valence-electron chi connectivity index (χ0n) is 11.6. The van der Waals surface area contributed by atoms with Crippen molar-refractivity contribution in [2.75, 3.05) is 44.3 Å². The molecule has 0 saturated carbocycles. The van der Waals surface area contributed by atoms with Crippen LogP contribution in [0.4, 0.5) is 11.4 Å². The summed E-state index contributed by atoms with van der Waals surface area (Å²) >= 11 is 0. The molecule has 1 amide bonds. The number of nitrogens with two attached hydrogens (primary N) is 1. The summed E-state index contributed by atoms with van der Waals surface area (Å²) in [6, 6.07) is 7.71. The normalized spacial score (nSPS) is 21.3. The van der Waals surface area contributed by atoms with Crippen LogP contribution in [0, 0.1) is 0 Å². The molecule has 1 aromatic rings. The molecule has 1 saturated heterocycles. The van der Waals surface area contributed by atoms with E-state index < -0.39 is 0 Å². The number of amides is 1. The molecule has 5 nitrogen and oxygen atoms in total. The van der Waals surface area contributed by atoms with E-state index in [1.54, 1.807) is 12.1 Å². The Balaban J connectivity index is 1.83. The predicted octanol–water partition coefficient (Wildman–Crippen LogP) is 0.843. The monoisotopic (exact) mass is 262 g/mol. The van der Waals surface area contributed by atoms with E-state index in [0.29, 0.717) is 18.3 Å². The standard InChI is InChI=1S/C14H22N4O/c1-11-9-18(8-7-17(11)2)10-14(19)16-13-5-3-12(15)4-6-13/h3-6,11H,7-10,15H2,1-2H3,(H,16,19). The van der Waals surface area contributed by atoms with Gasteiger partial charge >= 0.3 is 0 Å². The van der Waals surface area contributed by atoms with Crippen LogP contribution in [0.1, 0.15) is 6.92 Å². The summed E-state index contributed by atoms with van der Waals surface area (Å²) in [6.45, 7) is 5.52. The minimum absolute atomic E-state index is 0.0292. The van der Waals surface area contributed by atoms with Gasteiger partial charge in [0.15, 0.2) is 0 Å². The Labute approximate surface area is 114 Å². The van der Waals surface area contributed by atoms with Gasteiger partial charge < -0.3 is 16.0 Å². The van der Waals surface area contributed by atoms with E-state index in [9.17, 15) is 4.79 Å². The Bertz CT molecular complexity index is 432. The molecule has 5 heteroatoms. The van der Waals surface area contributed by atoms with E-state index in [4.69, 9.17) is 5.73 Å². The van der Waals surface area contributed by atoms with Gasteiger partial charge in [-0.05, 0) is 38.2 Å². The van der Waals surface area contributed by atoms with Crippen molar-refractivity contribution < 1.29 is 4.79 Å². The molecule has 1 fully saturated rings. The number of likely N-dealkylation sites (N-methyl/N-ethyl adjacent to an activating group) is 1. The van der Waals surface area contributed by atoms with E-state index in [1.165, 1.54) is 0 Å². The summed E-state index contributed by atoms with van der Waals surface area (Å²) in [5.41, 5.74) is 7.10. The molecule has 1 unspecified atom stereocenters. The van der Waals surface area contributed by atoms with Crippen LogP contribution >= 0.6 is 0 Å². The van der Waals surface area contributed by atoms with Gasteiger partial charge in [0.25, 0.3) is 0 Å². The molecule has 0 radical (unpaired) electrons. The molecule has 2 rings (SSSR count). The second-order valence-corrected chi connectivity index (χ2v) is 5.23. The number of nitrogen functional groups attached to an aromatic ring is 1. The molecule has 19 heavy (non-hydrogen) atoms. The van der Waals surface area contributed by atoms with E-state index in [2.05, 4.69) is 29.1 Å². The zero-order chi connectivity index (χ0) is 13.8. The molecule has 0 bridgehead atoms. The number of anilines is 2. The zero-order valence-corrected chi connectivity index (χ0v) is 11.6. The molecule has 1 aromatic carbocycles. The Morgan fingerprint density at radius 1 is 1.37 bits per heavy atom. The Kier molecular flexibility index (Phi) is 4.39. The lowest BCUT2D eigenvalue weighted by Crippen LogP contribution is -2.51. The summed E-state index contributed by atoms with van der Waals surface area (Å²) in [4.78, 5) is 16.5. The van der Waals surface area contributed by atoms with Crippen molar-refractivity contribution in [3.63, 3.8) is 0 Å². The minimum Gasteiger partial charge on any atom is -0.399 e. The summed E-state index contributed by atoms with van der Waals surface area (Å²) in [7, 11) is 2.12. The molecule has 1 atom stereocenters. The number of nitrogens with one attached hydrogen (secondary N) is 1. The maximum Gasteiger partial charge on any atom is 0.238 e. The fourth-order valence-electron chi connectivity index (χ4n) is 2.24. The van der Waals surface area contributed by atoms with Gasteiger partial charge in [-0.2, -0.15) is 0 Å². The maximum absolute atomic E-state index is 12.0.